The highest BCUT2D eigenvalue weighted by atomic mass is 16.6. The van der Waals surface area contributed by atoms with Gasteiger partial charge in [-0.15, -0.1) is 0 Å². The standard InChI is InChI=1S/C16H15N5O3/c1-2-3-8-20-10-13(21(23)24)14(22)12-9-18-15(19-16(12)20)11-4-6-17-7-5-11/h4-7,9-10H,2-3,8H2,1H3. The van der Waals surface area contributed by atoms with Crippen LogP contribution >= 0.6 is 0 Å². The van der Waals surface area contributed by atoms with Crippen molar-refractivity contribution in [3.05, 3.63) is 57.3 Å². The molecule has 3 aromatic rings. The second-order valence-electron chi connectivity index (χ2n) is 5.31. The first-order valence-corrected chi connectivity index (χ1v) is 7.56. The first-order valence-electron chi connectivity index (χ1n) is 7.56. The van der Waals surface area contributed by atoms with Gasteiger partial charge in [-0.2, -0.15) is 0 Å². The van der Waals surface area contributed by atoms with Gasteiger partial charge in [-0.3, -0.25) is 19.9 Å². The molecule has 3 aromatic heterocycles. The Labute approximate surface area is 137 Å². The van der Waals surface area contributed by atoms with Crippen LogP contribution in [0.4, 0.5) is 5.69 Å². The summed E-state index contributed by atoms with van der Waals surface area (Å²) in [5.41, 5.74) is 0.0449. The number of pyridine rings is 2. The minimum absolute atomic E-state index is 0.151. The summed E-state index contributed by atoms with van der Waals surface area (Å²) in [7, 11) is 0. The van der Waals surface area contributed by atoms with E-state index in [9.17, 15) is 14.9 Å². The average molecular weight is 325 g/mol. The van der Waals surface area contributed by atoms with Crippen molar-refractivity contribution in [2.45, 2.75) is 26.3 Å². The lowest BCUT2D eigenvalue weighted by molar-refractivity contribution is -0.386. The van der Waals surface area contributed by atoms with E-state index >= 15 is 0 Å². The van der Waals surface area contributed by atoms with Crippen LogP contribution in [0, 0.1) is 10.1 Å². The van der Waals surface area contributed by atoms with Crippen molar-refractivity contribution >= 4 is 16.7 Å². The quantitative estimate of drug-likeness (QED) is 0.527. The summed E-state index contributed by atoms with van der Waals surface area (Å²) in [4.78, 5) is 35.4. The summed E-state index contributed by atoms with van der Waals surface area (Å²) in [5.74, 6) is 0.448. The first-order chi connectivity index (χ1) is 11.6. The van der Waals surface area contributed by atoms with Gasteiger partial charge in [0.25, 0.3) is 5.43 Å². The summed E-state index contributed by atoms with van der Waals surface area (Å²) < 4.78 is 1.66. The maximum absolute atomic E-state index is 12.3. The van der Waals surface area contributed by atoms with Gasteiger partial charge in [-0.05, 0) is 18.6 Å². The molecule has 122 valence electrons. The van der Waals surface area contributed by atoms with Crippen molar-refractivity contribution in [3.8, 4) is 11.4 Å². The van der Waals surface area contributed by atoms with Gasteiger partial charge in [0.15, 0.2) is 5.82 Å². The van der Waals surface area contributed by atoms with Gasteiger partial charge in [0.1, 0.15) is 5.65 Å². The molecule has 0 spiro atoms. The molecule has 0 radical (unpaired) electrons. The molecule has 8 heteroatoms. The molecule has 0 saturated carbocycles. The number of hydrogen-bond acceptors (Lipinski definition) is 6. The van der Waals surface area contributed by atoms with Crippen molar-refractivity contribution in [3.63, 3.8) is 0 Å². The second kappa shape index (κ2) is 6.53. The number of rotatable bonds is 5. The molecule has 3 rings (SSSR count). The zero-order valence-electron chi connectivity index (χ0n) is 13.0. The largest absolute Gasteiger partial charge is 0.333 e. The molecule has 0 aromatic carbocycles. The fourth-order valence-electron chi connectivity index (χ4n) is 2.43. The van der Waals surface area contributed by atoms with Crippen LogP contribution in [0.15, 0.2) is 41.7 Å². The minimum atomic E-state index is -0.666. The molecule has 0 N–H and O–H groups in total. The van der Waals surface area contributed by atoms with Gasteiger partial charge in [0.2, 0.25) is 0 Å². The Kier molecular flexibility index (Phi) is 4.28. The molecule has 0 bridgehead atoms. The summed E-state index contributed by atoms with van der Waals surface area (Å²) in [6.07, 6.45) is 7.62. The van der Waals surface area contributed by atoms with Gasteiger partial charge >= 0.3 is 5.69 Å². The Morgan fingerprint density at radius 1 is 1.29 bits per heavy atom. The summed E-state index contributed by atoms with van der Waals surface area (Å²) in [5, 5.41) is 11.3. The highest BCUT2D eigenvalue weighted by molar-refractivity contribution is 5.78. The van der Waals surface area contributed by atoms with E-state index < -0.39 is 16.0 Å². The fourth-order valence-corrected chi connectivity index (χ4v) is 2.43. The van der Waals surface area contributed by atoms with E-state index in [2.05, 4.69) is 15.0 Å². The third-order valence-electron chi connectivity index (χ3n) is 3.68. The van der Waals surface area contributed by atoms with E-state index in [1.807, 2.05) is 6.92 Å². The van der Waals surface area contributed by atoms with E-state index in [1.165, 1.54) is 12.4 Å². The van der Waals surface area contributed by atoms with E-state index in [0.29, 0.717) is 18.0 Å². The summed E-state index contributed by atoms with van der Waals surface area (Å²) in [6.45, 7) is 2.57. The third-order valence-corrected chi connectivity index (χ3v) is 3.68. The maximum Gasteiger partial charge on any atom is 0.333 e. The van der Waals surface area contributed by atoms with Crippen molar-refractivity contribution in [2.24, 2.45) is 0 Å². The Bertz CT molecular complexity index is 953. The Balaban J connectivity index is 2.25. The van der Waals surface area contributed by atoms with Crippen LogP contribution in [0.2, 0.25) is 0 Å². The molecule has 8 nitrogen and oxygen atoms in total. The molecular formula is C16H15N5O3. The molecule has 3 heterocycles. The van der Waals surface area contributed by atoms with Crippen LogP contribution in [0.1, 0.15) is 19.8 Å². The number of nitro groups is 1. The predicted octanol–water partition coefficient (Wildman–Crippen LogP) is 2.56. The maximum atomic E-state index is 12.3. The number of aromatic nitrogens is 4. The molecule has 0 aliphatic heterocycles. The van der Waals surface area contributed by atoms with Gasteiger partial charge in [-0.1, -0.05) is 13.3 Å². The number of aryl methyl sites for hydroxylation is 1. The van der Waals surface area contributed by atoms with Crippen LogP contribution in [-0.4, -0.2) is 24.4 Å². The average Bonchev–Trinajstić information content (AvgIpc) is 2.61. The van der Waals surface area contributed by atoms with Gasteiger partial charge in [0, 0.05) is 30.7 Å². The van der Waals surface area contributed by atoms with Crippen LogP contribution in [0.5, 0.6) is 0 Å². The van der Waals surface area contributed by atoms with Gasteiger partial charge < -0.3 is 4.57 Å². The number of hydrogen-bond donors (Lipinski definition) is 0. The van der Waals surface area contributed by atoms with Crippen molar-refractivity contribution in [1.82, 2.24) is 19.5 Å². The Morgan fingerprint density at radius 3 is 2.71 bits per heavy atom. The van der Waals surface area contributed by atoms with Crippen LogP contribution in [0.25, 0.3) is 22.4 Å². The Hall–Kier alpha value is -3.16. The molecule has 0 atom stereocenters. The van der Waals surface area contributed by atoms with E-state index in [0.717, 1.165) is 18.4 Å². The second-order valence-corrected chi connectivity index (χ2v) is 5.31. The fraction of sp³-hybridized carbons (Fsp3) is 0.250. The van der Waals surface area contributed by atoms with Crippen molar-refractivity contribution in [1.29, 1.82) is 0 Å². The van der Waals surface area contributed by atoms with Crippen molar-refractivity contribution in [2.75, 3.05) is 0 Å². The smallest absolute Gasteiger partial charge is 0.326 e. The number of unbranched alkanes of at least 4 members (excludes halogenated alkanes) is 1. The molecule has 0 amide bonds. The van der Waals surface area contributed by atoms with Crippen LogP contribution in [-0.2, 0) is 6.54 Å². The zero-order valence-corrected chi connectivity index (χ0v) is 13.0. The summed E-state index contributed by atoms with van der Waals surface area (Å²) >= 11 is 0. The highest BCUT2D eigenvalue weighted by Crippen LogP contribution is 2.19. The molecule has 0 aliphatic rings. The molecule has 24 heavy (non-hydrogen) atoms. The predicted molar refractivity (Wildman–Crippen MR) is 88.6 cm³/mol. The van der Waals surface area contributed by atoms with Gasteiger partial charge in [-0.25, -0.2) is 9.97 Å². The SMILES string of the molecule is CCCCn1cc([N+](=O)[O-])c(=O)c2cnc(-c3ccncc3)nc21. The number of nitrogens with zero attached hydrogens (tertiary/aromatic N) is 5. The normalized spacial score (nSPS) is 10.9. The lowest BCUT2D eigenvalue weighted by Gasteiger charge is -2.10. The zero-order chi connectivity index (χ0) is 17.1. The molecule has 0 unspecified atom stereocenters. The lowest BCUT2D eigenvalue weighted by Crippen LogP contribution is -2.15. The Morgan fingerprint density at radius 2 is 2.04 bits per heavy atom. The van der Waals surface area contributed by atoms with E-state index in [4.69, 9.17) is 0 Å². The molecular weight excluding hydrogens is 310 g/mol. The highest BCUT2D eigenvalue weighted by Gasteiger charge is 2.19. The molecule has 0 saturated heterocycles. The van der Waals surface area contributed by atoms with Gasteiger partial charge in [0.05, 0.1) is 16.5 Å². The lowest BCUT2D eigenvalue weighted by atomic mass is 10.2. The molecule has 0 aliphatic carbocycles. The number of fused-ring (bicyclic) bond motifs is 1. The first kappa shape index (κ1) is 15.7. The minimum Gasteiger partial charge on any atom is -0.326 e. The van der Waals surface area contributed by atoms with E-state index in [-0.39, 0.29) is 5.39 Å². The van der Waals surface area contributed by atoms with Crippen LogP contribution < -0.4 is 5.43 Å². The topological polar surface area (TPSA) is 104 Å². The third kappa shape index (κ3) is 2.85. The monoisotopic (exact) mass is 325 g/mol. The van der Waals surface area contributed by atoms with E-state index in [1.54, 1.807) is 29.1 Å². The van der Waals surface area contributed by atoms with Crippen LogP contribution in [0.3, 0.4) is 0 Å². The van der Waals surface area contributed by atoms with Crippen molar-refractivity contribution < 1.29 is 4.92 Å². The summed E-state index contributed by atoms with van der Waals surface area (Å²) in [6, 6.07) is 3.53. The molecule has 0 fully saturated rings.